The molecule has 118 valence electrons. The highest BCUT2D eigenvalue weighted by molar-refractivity contribution is 5.85. The van der Waals surface area contributed by atoms with Gasteiger partial charge in [0, 0.05) is 12.0 Å². The maximum absolute atomic E-state index is 13.1. The van der Waals surface area contributed by atoms with Crippen molar-refractivity contribution in [2.24, 2.45) is 5.92 Å². The minimum absolute atomic E-state index is 0.0897. The molecule has 2 atom stereocenters. The predicted molar refractivity (Wildman–Crippen MR) is 73.4 cm³/mol. The Balaban J connectivity index is 2.74. The molecule has 0 bridgehead atoms. The van der Waals surface area contributed by atoms with Gasteiger partial charge in [-0.25, -0.2) is 13.6 Å². The van der Waals surface area contributed by atoms with Gasteiger partial charge in [0.15, 0.2) is 0 Å². The van der Waals surface area contributed by atoms with Gasteiger partial charge in [-0.2, -0.15) is 5.26 Å². The van der Waals surface area contributed by atoms with Crippen molar-refractivity contribution >= 4 is 11.9 Å². The average molecular weight is 310 g/mol. The summed E-state index contributed by atoms with van der Waals surface area (Å²) in [5.74, 6) is -3.31. The summed E-state index contributed by atoms with van der Waals surface area (Å²) < 4.78 is 30.7. The summed E-state index contributed by atoms with van der Waals surface area (Å²) in [4.78, 5) is 23.5. The number of ether oxygens (including phenoxy) is 1. The van der Waals surface area contributed by atoms with Crippen molar-refractivity contribution < 1.29 is 23.1 Å². The molecule has 0 aliphatic carbocycles. The number of carbonyl (C=O) groups excluding carboxylic acids is 2. The Morgan fingerprint density at radius 3 is 2.41 bits per heavy atom. The molecule has 1 rings (SSSR count). The zero-order valence-corrected chi connectivity index (χ0v) is 12.2. The fraction of sp³-hybridized carbons (Fsp3) is 0.400. The summed E-state index contributed by atoms with van der Waals surface area (Å²) in [6.45, 7) is 1.60. The molecule has 0 radical (unpaired) electrons. The van der Waals surface area contributed by atoms with E-state index in [0.717, 1.165) is 12.1 Å². The molecule has 1 N–H and O–H groups in total. The second kappa shape index (κ2) is 8.08. The van der Waals surface area contributed by atoms with E-state index < -0.39 is 35.5 Å². The monoisotopic (exact) mass is 310 g/mol. The first kappa shape index (κ1) is 17.6. The van der Waals surface area contributed by atoms with Gasteiger partial charge in [0.25, 0.3) is 0 Å². The highest BCUT2D eigenvalue weighted by atomic mass is 19.1. The van der Waals surface area contributed by atoms with Gasteiger partial charge in [0.05, 0.1) is 19.6 Å². The maximum Gasteiger partial charge on any atom is 0.328 e. The van der Waals surface area contributed by atoms with Gasteiger partial charge in [-0.1, -0.05) is 0 Å². The number of hydrogen-bond acceptors (Lipinski definition) is 4. The van der Waals surface area contributed by atoms with Crippen LogP contribution in [-0.4, -0.2) is 25.0 Å². The zero-order chi connectivity index (χ0) is 16.7. The number of nitrogens with zero attached hydrogens (tertiary/aromatic N) is 1. The lowest BCUT2D eigenvalue weighted by Crippen LogP contribution is -2.43. The third-order valence-corrected chi connectivity index (χ3v) is 2.92. The number of nitrogens with one attached hydrogen (secondary N) is 1. The van der Waals surface area contributed by atoms with E-state index in [2.05, 4.69) is 10.1 Å². The molecule has 1 aromatic rings. The Labute approximate surface area is 126 Å². The third-order valence-electron chi connectivity index (χ3n) is 2.92. The van der Waals surface area contributed by atoms with E-state index in [9.17, 15) is 18.4 Å². The lowest BCUT2D eigenvalue weighted by molar-refractivity contribution is -0.145. The first-order valence-corrected chi connectivity index (χ1v) is 6.57. The fourth-order valence-electron chi connectivity index (χ4n) is 1.91. The van der Waals surface area contributed by atoms with Crippen LogP contribution in [0.4, 0.5) is 8.78 Å². The van der Waals surface area contributed by atoms with Crippen molar-refractivity contribution in [3.05, 3.63) is 35.4 Å². The van der Waals surface area contributed by atoms with Crippen molar-refractivity contribution in [3.63, 3.8) is 0 Å². The molecule has 22 heavy (non-hydrogen) atoms. The van der Waals surface area contributed by atoms with Gasteiger partial charge in [-0.15, -0.1) is 0 Å². The SMILES string of the molecule is COC(=O)[C@H](C[C@@H](C)C#N)NC(=O)Cc1cc(F)cc(F)c1. The summed E-state index contributed by atoms with van der Waals surface area (Å²) in [5.41, 5.74) is 0.145. The van der Waals surface area contributed by atoms with Gasteiger partial charge in [0.1, 0.15) is 17.7 Å². The number of amides is 1. The molecule has 0 aliphatic rings. The molecular formula is C15H16F2N2O3. The average Bonchev–Trinajstić information content (AvgIpc) is 2.44. The molecule has 5 nitrogen and oxygen atoms in total. The molecule has 0 aliphatic heterocycles. The van der Waals surface area contributed by atoms with Gasteiger partial charge < -0.3 is 10.1 Å². The molecule has 0 saturated carbocycles. The number of esters is 1. The molecule has 0 fully saturated rings. The number of nitriles is 1. The Kier molecular flexibility index (Phi) is 6.45. The largest absolute Gasteiger partial charge is 0.467 e. The van der Waals surface area contributed by atoms with Crippen LogP contribution in [0.25, 0.3) is 0 Å². The number of halogens is 2. The number of hydrogen-bond donors (Lipinski definition) is 1. The highest BCUT2D eigenvalue weighted by Gasteiger charge is 2.24. The van der Waals surface area contributed by atoms with E-state index in [1.54, 1.807) is 6.92 Å². The van der Waals surface area contributed by atoms with Crippen LogP contribution >= 0.6 is 0 Å². The van der Waals surface area contributed by atoms with Crippen molar-refractivity contribution in [2.75, 3.05) is 7.11 Å². The lowest BCUT2D eigenvalue weighted by Gasteiger charge is -2.17. The molecule has 0 saturated heterocycles. The second-order valence-electron chi connectivity index (χ2n) is 4.86. The van der Waals surface area contributed by atoms with Crippen molar-refractivity contribution in [2.45, 2.75) is 25.8 Å². The second-order valence-corrected chi connectivity index (χ2v) is 4.86. The van der Waals surface area contributed by atoms with E-state index in [0.29, 0.717) is 6.07 Å². The minimum atomic E-state index is -0.981. The van der Waals surface area contributed by atoms with Crippen LogP contribution in [0.15, 0.2) is 18.2 Å². The normalized spacial score (nSPS) is 12.9. The summed E-state index contributed by atoms with van der Waals surface area (Å²) in [6, 6.07) is 3.75. The smallest absolute Gasteiger partial charge is 0.328 e. The minimum Gasteiger partial charge on any atom is -0.467 e. The Morgan fingerprint density at radius 2 is 1.91 bits per heavy atom. The van der Waals surface area contributed by atoms with E-state index in [4.69, 9.17) is 5.26 Å². The summed E-state index contributed by atoms with van der Waals surface area (Å²) in [7, 11) is 1.17. The van der Waals surface area contributed by atoms with E-state index in [1.165, 1.54) is 7.11 Å². The van der Waals surface area contributed by atoms with Gasteiger partial charge in [0.2, 0.25) is 5.91 Å². The molecule has 0 heterocycles. The number of methoxy groups -OCH3 is 1. The Hall–Kier alpha value is -2.49. The Bertz CT molecular complexity index is 579. The van der Waals surface area contributed by atoms with Crippen LogP contribution in [0.1, 0.15) is 18.9 Å². The van der Waals surface area contributed by atoms with Gasteiger partial charge in [-0.05, 0) is 31.0 Å². The Morgan fingerprint density at radius 1 is 1.32 bits per heavy atom. The standard InChI is InChI=1S/C15H16F2N2O3/c1-9(8-18)3-13(15(21)22-2)19-14(20)6-10-4-11(16)7-12(17)5-10/h4-5,7,9,13H,3,6H2,1-2H3,(H,19,20)/t9-,13+/m1/s1. The molecule has 0 aromatic heterocycles. The highest BCUT2D eigenvalue weighted by Crippen LogP contribution is 2.10. The van der Waals surface area contributed by atoms with Crippen LogP contribution in [0, 0.1) is 28.9 Å². The van der Waals surface area contributed by atoms with Crippen molar-refractivity contribution in [1.29, 1.82) is 5.26 Å². The topological polar surface area (TPSA) is 79.2 Å². The lowest BCUT2D eigenvalue weighted by atomic mass is 10.0. The molecule has 1 aromatic carbocycles. The molecule has 1 amide bonds. The summed E-state index contributed by atoms with van der Waals surface area (Å²) in [6.07, 6.45) is -0.199. The number of carbonyl (C=O) groups is 2. The first-order chi connectivity index (χ1) is 10.3. The van der Waals surface area contributed by atoms with Crippen LogP contribution in [-0.2, 0) is 20.7 Å². The maximum atomic E-state index is 13.1. The van der Waals surface area contributed by atoms with Crippen molar-refractivity contribution in [3.8, 4) is 6.07 Å². The van der Waals surface area contributed by atoms with Gasteiger partial charge >= 0.3 is 5.97 Å². The quantitative estimate of drug-likeness (QED) is 0.811. The summed E-state index contributed by atoms with van der Waals surface area (Å²) in [5, 5.41) is 11.2. The van der Waals surface area contributed by atoms with Crippen molar-refractivity contribution in [1.82, 2.24) is 5.32 Å². The zero-order valence-electron chi connectivity index (χ0n) is 12.2. The molecule has 7 heteroatoms. The fourth-order valence-corrected chi connectivity index (χ4v) is 1.91. The molecule has 0 unspecified atom stereocenters. The van der Waals surface area contributed by atoms with Crippen LogP contribution in [0.3, 0.4) is 0 Å². The van der Waals surface area contributed by atoms with Crippen LogP contribution < -0.4 is 5.32 Å². The third kappa shape index (κ3) is 5.48. The number of rotatable bonds is 6. The number of benzene rings is 1. The molecular weight excluding hydrogens is 294 g/mol. The van der Waals surface area contributed by atoms with E-state index >= 15 is 0 Å². The predicted octanol–water partition coefficient (Wildman–Crippen LogP) is 1.71. The van der Waals surface area contributed by atoms with Crippen LogP contribution in [0.2, 0.25) is 0 Å². The van der Waals surface area contributed by atoms with E-state index in [1.807, 2.05) is 6.07 Å². The first-order valence-electron chi connectivity index (χ1n) is 6.57. The molecule has 0 spiro atoms. The van der Waals surface area contributed by atoms with Gasteiger partial charge in [-0.3, -0.25) is 4.79 Å². The van der Waals surface area contributed by atoms with E-state index in [-0.39, 0.29) is 18.4 Å². The summed E-state index contributed by atoms with van der Waals surface area (Å²) >= 11 is 0. The van der Waals surface area contributed by atoms with Crippen LogP contribution in [0.5, 0.6) is 0 Å².